The molecule has 0 saturated heterocycles. The Bertz CT molecular complexity index is 912. The molecule has 3 aliphatic rings. The molecule has 0 radical (unpaired) electrons. The molecule has 0 amide bonds. The Morgan fingerprint density at radius 2 is 2.13 bits per heavy atom. The molecule has 2 atom stereocenters. The van der Waals surface area contributed by atoms with E-state index in [1.165, 1.54) is 34.5 Å². The highest BCUT2D eigenvalue weighted by Crippen LogP contribution is 2.48. The second-order valence-corrected chi connectivity index (χ2v) is 9.55. The zero-order chi connectivity index (χ0) is 21.5. The van der Waals surface area contributed by atoms with E-state index < -0.39 is 0 Å². The Labute approximate surface area is 179 Å². The van der Waals surface area contributed by atoms with Crippen LogP contribution in [0.4, 0.5) is 0 Å². The van der Waals surface area contributed by atoms with Crippen molar-refractivity contribution < 1.29 is 23.9 Å². The van der Waals surface area contributed by atoms with Crippen molar-refractivity contribution in [1.29, 1.82) is 0 Å². The van der Waals surface area contributed by atoms with Crippen molar-refractivity contribution >= 4 is 5.78 Å². The number of rotatable bonds is 5. The maximum atomic E-state index is 13.0. The van der Waals surface area contributed by atoms with Gasteiger partial charge in [-0.05, 0) is 54.9 Å². The standard InChI is InChI=1S/C25H33NO4/c1-16-7-6-11-25(2,3)19(16)9-8-18(27)14-20-22-17(10-12-26(20)4)13-21-23(24(22)28-5)30-15-29-21/h8-9,13,20H,6-7,10-12,14-15H2,1-5H3/p+1/b9-8+/t20-/m1/s1. The molecular weight excluding hydrogens is 378 g/mol. The summed E-state index contributed by atoms with van der Waals surface area (Å²) in [6, 6.07) is 2.11. The number of allylic oxidation sites excluding steroid dienone is 4. The van der Waals surface area contributed by atoms with E-state index in [1.807, 2.05) is 0 Å². The molecule has 0 saturated carbocycles. The summed E-state index contributed by atoms with van der Waals surface area (Å²) in [7, 11) is 3.83. The van der Waals surface area contributed by atoms with Gasteiger partial charge in [0, 0.05) is 6.42 Å². The van der Waals surface area contributed by atoms with Gasteiger partial charge in [0.15, 0.2) is 17.3 Å². The summed E-state index contributed by atoms with van der Waals surface area (Å²) in [5.74, 6) is 2.31. The topological polar surface area (TPSA) is 49.2 Å². The molecule has 1 unspecified atom stereocenters. The highest BCUT2D eigenvalue weighted by molar-refractivity contribution is 5.90. The van der Waals surface area contributed by atoms with E-state index in [-0.39, 0.29) is 24.0 Å². The van der Waals surface area contributed by atoms with Crippen molar-refractivity contribution in [1.82, 2.24) is 0 Å². The Balaban J connectivity index is 1.61. The van der Waals surface area contributed by atoms with Gasteiger partial charge in [0.05, 0.1) is 32.7 Å². The van der Waals surface area contributed by atoms with Crippen LogP contribution in [-0.2, 0) is 11.2 Å². The molecule has 2 aliphatic heterocycles. The van der Waals surface area contributed by atoms with E-state index in [0.29, 0.717) is 12.2 Å². The average molecular weight is 413 g/mol. The summed E-state index contributed by atoms with van der Waals surface area (Å²) in [4.78, 5) is 14.4. The third-order valence-electron chi connectivity index (χ3n) is 7.06. The molecule has 1 aromatic rings. The predicted octanol–water partition coefficient (Wildman–Crippen LogP) is 3.58. The third-order valence-corrected chi connectivity index (χ3v) is 7.06. The molecule has 1 N–H and O–H groups in total. The van der Waals surface area contributed by atoms with Gasteiger partial charge in [-0.25, -0.2) is 0 Å². The zero-order valence-corrected chi connectivity index (χ0v) is 18.9. The van der Waals surface area contributed by atoms with Crippen LogP contribution in [0.1, 0.15) is 63.6 Å². The number of likely N-dealkylation sites (N-methyl/N-ethyl adjacent to an activating group) is 1. The number of carbonyl (C=O) groups excluding carboxylic acids is 1. The van der Waals surface area contributed by atoms with Crippen LogP contribution in [0.3, 0.4) is 0 Å². The Hall–Kier alpha value is -2.27. The van der Waals surface area contributed by atoms with Crippen LogP contribution < -0.4 is 19.1 Å². The molecule has 30 heavy (non-hydrogen) atoms. The maximum absolute atomic E-state index is 13.0. The van der Waals surface area contributed by atoms with Crippen molar-refractivity contribution in [3.05, 3.63) is 40.5 Å². The molecule has 0 spiro atoms. The van der Waals surface area contributed by atoms with Crippen molar-refractivity contribution in [3.63, 3.8) is 0 Å². The van der Waals surface area contributed by atoms with Crippen LogP contribution in [0.5, 0.6) is 17.2 Å². The molecule has 1 aromatic carbocycles. The normalized spacial score (nSPS) is 24.8. The highest BCUT2D eigenvalue weighted by atomic mass is 16.7. The third kappa shape index (κ3) is 3.76. The number of quaternary nitrogens is 1. The first kappa shape index (κ1) is 21.0. The fourth-order valence-electron chi connectivity index (χ4n) is 5.35. The summed E-state index contributed by atoms with van der Waals surface area (Å²) in [5, 5.41) is 0. The lowest BCUT2D eigenvalue weighted by Crippen LogP contribution is -3.10. The number of carbonyl (C=O) groups is 1. The van der Waals surface area contributed by atoms with Gasteiger partial charge in [0.1, 0.15) is 6.04 Å². The molecule has 5 nitrogen and oxygen atoms in total. The summed E-state index contributed by atoms with van der Waals surface area (Å²) >= 11 is 0. The van der Waals surface area contributed by atoms with E-state index in [0.717, 1.165) is 36.4 Å². The number of methoxy groups -OCH3 is 1. The van der Waals surface area contributed by atoms with Crippen LogP contribution in [0, 0.1) is 5.41 Å². The summed E-state index contributed by atoms with van der Waals surface area (Å²) in [6.45, 7) is 7.96. The van der Waals surface area contributed by atoms with Gasteiger partial charge in [-0.15, -0.1) is 0 Å². The number of hydrogen-bond donors (Lipinski definition) is 1. The van der Waals surface area contributed by atoms with Crippen molar-refractivity contribution in [3.8, 4) is 17.2 Å². The van der Waals surface area contributed by atoms with Gasteiger partial charge < -0.3 is 19.1 Å². The van der Waals surface area contributed by atoms with E-state index in [1.54, 1.807) is 13.2 Å². The summed E-state index contributed by atoms with van der Waals surface area (Å²) in [6.07, 6.45) is 8.80. The number of fused-ring (bicyclic) bond motifs is 2. The summed E-state index contributed by atoms with van der Waals surface area (Å²) in [5.41, 5.74) is 5.18. The highest BCUT2D eigenvalue weighted by Gasteiger charge is 2.37. The van der Waals surface area contributed by atoms with E-state index in [4.69, 9.17) is 14.2 Å². The number of ether oxygens (including phenoxy) is 3. The number of hydrogen-bond acceptors (Lipinski definition) is 4. The number of nitrogens with one attached hydrogen (secondary N) is 1. The first-order valence-corrected chi connectivity index (χ1v) is 11.0. The molecular formula is C25H34NO4+. The van der Waals surface area contributed by atoms with Gasteiger partial charge in [0.25, 0.3) is 0 Å². The second-order valence-electron chi connectivity index (χ2n) is 9.55. The van der Waals surface area contributed by atoms with Crippen LogP contribution in [0.15, 0.2) is 29.4 Å². The Kier molecular flexibility index (Phi) is 5.67. The number of ketones is 1. The quantitative estimate of drug-likeness (QED) is 0.751. The van der Waals surface area contributed by atoms with Crippen LogP contribution >= 0.6 is 0 Å². The van der Waals surface area contributed by atoms with E-state index >= 15 is 0 Å². The first-order valence-electron chi connectivity index (χ1n) is 11.0. The monoisotopic (exact) mass is 412 g/mol. The molecule has 4 rings (SSSR count). The van der Waals surface area contributed by atoms with Gasteiger partial charge in [-0.2, -0.15) is 0 Å². The second kappa shape index (κ2) is 8.10. The SMILES string of the molecule is COc1c2c(cc3c1[C@@H](CC(=O)/C=C/C1=C(C)CCCC1(C)C)[NH+](C)CC3)OCO2. The van der Waals surface area contributed by atoms with Crippen molar-refractivity contribution in [2.75, 3.05) is 27.5 Å². The molecule has 5 heteroatoms. The van der Waals surface area contributed by atoms with E-state index in [9.17, 15) is 4.79 Å². The fraction of sp³-hybridized carbons (Fsp3) is 0.560. The minimum Gasteiger partial charge on any atom is -0.492 e. The van der Waals surface area contributed by atoms with Gasteiger partial charge >= 0.3 is 0 Å². The summed E-state index contributed by atoms with van der Waals surface area (Å²) < 4.78 is 17.0. The smallest absolute Gasteiger partial charge is 0.231 e. The van der Waals surface area contributed by atoms with Gasteiger partial charge in [-0.3, -0.25) is 4.79 Å². The van der Waals surface area contributed by atoms with Crippen LogP contribution in [-0.4, -0.2) is 33.3 Å². The molecule has 162 valence electrons. The van der Waals surface area contributed by atoms with Crippen molar-refractivity contribution in [2.24, 2.45) is 5.41 Å². The molecule has 0 fully saturated rings. The largest absolute Gasteiger partial charge is 0.492 e. The average Bonchev–Trinajstić information content (AvgIpc) is 3.16. The lowest BCUT2D eigenvalue weighted by atomic mass is 9.72. The molecule has 1 aliphatic carbocycles. The fourth-order valence-corrected chi connectivity index (χ4v) is 5.35. The lowest BCUT2D eigenvalue weighted by Gasteiger charge is -2.33. The zero-order valence-electron chi connectivity index (χ0n) is 18.9. The van der Waals surface area contributed by atoms with Crippen molar-refractivity contribution in [2.45, 2.75) is 58.9 Å². The van der Waals surface area contributed by atoms with E-state index in [2.05, 4.69) is 40.0 Å². The maximum Gasteiger partial charge on any atom is 0.231 e. The predicted molar refractivity (Wildman–Crippen MR) is 116 cm³/mol. The minimum atomic E-state index is 0.0461. The first-order chi connectivity index (χ1) is 14.3. The van der Waals surface area contributed by atoms with Crippen LogP contribution in [0.25, 0.3) is 0 Å². The van der Waals surface area contributed by atoms with Gasteiger partial charge in [0.2, 0.25) is 12.5 Å². The minimum absolute atomic E-state index is 0.0461. The number of benzene rings is 1. The van der Waals surface area contributed by atoms with Crippen LogP contribution in [0.2, 0.25) is 0 Å². The molecule has 2 heterocycles. The molecule has 0 aromatic heterocycles. The van der Waals surface area contributed by atoms with Gasteiger partial charge in [-0.1, -0.05) is 25.5 Å². The Morgan fingerprint density at radius 1 is 1.33 bits per heavy atom. The Morgan fingerprint density at radius 3 is 2.87 bits per heavy atom. The lowest BCUT2D eigenvalue weighted by molar-refractivity contribution is -0.914. The molecule has 0 bridgehead atoms.